The van der Waals surface area contributed by atoms with E-state index in [-0.39, 0.29) is 11.6 Å². The molecule has 2 amide bonds. The van der Waals surface area contributed by atoms with Crippen molar-refractivity contribution >= 4 is 17.7 Å². The number of hydrogen-bond acceptors (Lipinski definition) is 2. The van der Waals surface area contributed by atoms with Gasteiger partial charge in [-0.2, -0.15) is 0 Å². The van der Waals surface area contributed by atoms with Gasteiger partial charge >= 0.3 is 12.0 Å². The fourth-order valence-electron chi connectivity index (χ4n) is 2.07. The van der Waals surface area contributed by atoms with Crippen LogP contribution in [0.1, 0.15) is 22.8 Å². The van der Waals surface area contributed by atoms with Crippen LogP contribution in [0.15, 0.2) is 18.2 Å². The summed E-state index contributed by atoms with van der Waals surface area (Å²) in [5.41, 5.74) is 2.02. The first-order valence-electron chi connectivity index (χ1n) is 5.93. The molecule has 0 fully saturated rings. The molecule has 5 nitrogen and oxygen atoms in total. The fraction of sp³-hybridized carbons (Fsp3) is 0.385. The van der Waals surface area contributed by atoms with Crippen molar-refractivity contribution in [1.82, 2.24) is 4.90 Å². The first kappa shape index (κ1) is 12.4. The molecule has 0 radical (unpaired) electrons. The Morgan fingerprint density at radius 1 is 1.44 bits per heavy atom. The number of aromatic carboxylic acids is 1. The van der Waals surface area contributed by atoms with Crippen LogP contribution in [0.5, 0.6) is 0 Å². The lowest BCUT2D eigenvalue weighted by Gasteiger charge is -2.24. The van der Waals surface area contributed by atoms with E-state index in [2.05, 4.69) is 0 Å². The van der Waals surface area contributed by atoms with Crippen molar-refractivity contribution in [2.75, 3.05) is 25.0 Å². The molecule has 0 saturated carbocycles. The second-order valence-electron chi connectivity index (χ2n) is 4.35. The number of amides is 2. The highest BCUT2D eigenvalue weighted by atomic mass is 16.4. The van der Waals surface area contributed by atoms with E-state index in [1.54, 1.807) is 35.0 Å². The van der Waals surface area contributed by atoms with Crippen LogP contribution in [0.4, 0.5) is 10.5 Å². The molecule has 1 aliphatic heterocycles. The minimum Gasteiger partial charge on any atom is -0.478 e. The first-order valence-corrected chi connectivity index (χ1v) is 5.93. The van der Waals surface area contributed by atoms with Crippen LogP contribution in [0.3, 0.4) is 0 Å². The van der Waals surface area contributed by atoms with Crippen molar-refractivity contribution in [1.29, 1.82) is 0 Å². The Kier molecular flexibility index (Phi) is 3.23. The van der Waals surface area contributed by atoms with E-state index >= 15 is 0 Å². The maximum absolute atomic E-state index is 12.1. The van der Waals surface area contributed by atoms with Gasteiger partial charge in [0.1, 0.15) is 0 Å². The highest BCUT2D eigenvalue weighted by Crippen LogP contribution is 2.29. The minimum atomic E-state index is -0.937. The number of carboxylic acids is 1. The van der Waals surface area contributed by atoms with Crippen LogP contribution in [0, 0.1) is 0 Å². The van der Waals surface area contributed by atoms with Crippen LogP contribution in [0.25, 0.3) is 0 Å². The molecule has 1 aromatic rings. The summed E-state index contributed by atoms with van der Waals surface area (Å²) in [7, 11) is 1.76. The number of hydrogen-bond donors (Lipinski definition) is 1. The maximum atomic E-state index is 12.1. The van der Waals surface area contributed by atoms with Gasteiger partial charge in [0.15, 0.2) is 0 Å². The van der Waals surface area contributed by atoms with Gasteiger partial charge in [-0.05, 0) is 37.1 Å². The average molecular weight is 248 g/mol. The van der Waals surface area contributed by atoms with E-state index < -0.39 is 5.97 Å². The van der Waals surface area contributed by atoms with E-state index in [1.165, 1.54) is 0 Å². The molecule has 2 rings (SSSR count). The second-order valence-corrected chi connectivity index (χ2v) is 4.35. The number of urea groups is 1. The average Bonchev–Trinajstić information content (AvgIpc) is 2.79. The summed E-state index contributed by atoms with van der Waals surface area (Å²) < 4.78 is 0. The van der Waals surface area contributed by atoms with Crippen LogP contribution in [-0.2, 0) is 6.42 Å². The zero-order valence-electron chi connectivity index (χ0n) is 10.5. The molecular formula is C13H16N2O3. The molecule has 0 aliphatic carbocycles. The Labute approximate surface area is 106 Å². The number of fused-ring (bicyclic) bond motifs is 1. The van der Waals surface area contributed by atoms with E-state index in [9.17, 15) is 9.59 Å². The van der Waals surface area contributed by atoms with Gasteiger partial charge in [-0.1, -0.05) is 0 Å². The van der Waals surface area contributed by atoms with Gasteiger partial charge in [-0.25, -0.2) is 9.59 Å². The van der Waals surface area contributed by atoms with Crippen LogP contribution >= 0.6 is 0 Å². The van der Waals surface area contributed by atoms with Crippen molar-refractivity contribution in [2.45, 2.75) is 13.3 Å². The van der Waals surface area contributed by atoms with Crippen LogP contribution in [0.2, 0.25) is 0 Å². The lowest BCUT2D eigenvalue weighted by Crippen LogP contribution is -2.40. The van der Waals surface area contributed by atoms with Gasteiger partial charge in [-0.15, -0.1) is 0 Å². The second kappa shape index (κ2) is 4.68. The Hall–Kier alpha value is -2.04. The normalized spacial score (nSPS) is 13.3. The first-order chi connectivity index (χ1) is 8.54. The molecule has 0 unspecified atom stereocenters. The Balaban J connectivity index is 2.29. The lowest BCUT2D eigenvalue weighted by atomic mass is 10.1. The number of carbonyl (C=O) groups is 2. The van der Waals surface area contributed by atoms with Gasteiger partial charge in [0.2, 0.25) is 0 Å². The van der Waals surface area contributed by atoms with Crippen molar-refractivity contribution in [3.63, 3.8) is 0 Å². The van der Waals surface area contributed by atoms with Crippen LogP contribution in [-0.4, -0.2) is 42.1 Å². The summed E-state index contributed by atoms with van der Waals surface area (Å²) in [5.74, 6) is -0.937. The zero-order chi connectivity index (χ0) is 13.3. The topological polar surface area (TPSA) is 60.9 Å². The smallest absolute Gasteiger partial charge is 0.335 e. The van der Waals surface area contributed by atoms with E-state index in [4.69, 9.17) is 5.11 Å². The number of anilines is 1. The molecule has 5 heteroatoms. The van der Waals surface area contributed by atoms with Crippen LogP contribution < -0.4 is 4.90 Å². The molecule has 0 bridgehead atoms. The van der Waals surface area contributed by atoms with Crippen molar-refractivity contribution < 1.29 is 14.7 Å². The number of rotatable bonds is 2. The molecule has 0 saturated heterocycles. The predicted molar refractivity (Wildman–Crippen MR) is 68.2 cm³/mol. The molecule has 0 atom stereocenters. The standard InChI is InChI=1S/C13H16N2O3/c1-3-14(2)13(18)15-7-6-9-8-10(12(16)17)4-5-11(9)15/h4-5,8H,3,6-7H2,1-2H3,(H,16,17). The zero-order valence-corrected chi connectivity index (χ0v) is 10.5. The van der Waals surface area contributed by atoms with Gasteiger partial charge in [-0.3, -0.25) is 4.90 Å². The molecule has 0 aromatic heterocycles. The van der Waals surface area contributed by atoms with E-state index in [1.807, 2.05) is 6.92 Å². The summed E-state index contributed by atoms with van der Waals surface area (Å²) in [6, 6.07) is 4.86. The summed E-state index contributed by atoms with van der Waals surface area (Å²) in [5, 5.41) is 8.93. The summed E-state index contributed by atoms with van der Waals surface area (Å²) >= 11 is 0. The SMILES string of the molecule is CCN(C)C(=O)N1CCc2cc(C(=O)O)ccc21. The summed E-state index contributed by atoms with van der Waals surface area (Å²) in [6.07, 6.45) is 0.708. The monoisotopic (exact) mass is 248 g/mol. The molecule has 96 valence electrons. The number of carbonyl (C=O) groups excluding carboxylic acids is 1. The third-order valence-electron chi connectivity index (χ3n) is 3.25. The predicted octanol–water partition coefficient (Wildman–Crippen LogP) is 1.82. The van der Waals surface area contributed by atoms with Gasteiger partial charge in [0.05, 0.1) is 5.56 Å². The highest BCUT2D eigenvalue weighted by molar-refractivity contribution is 5.95. The lowest BCUT2D eigenvalue weighted by molar-refractivity contribution is 0.0697. The highest BCUT2D eigenvalue weighted by Gasteiger charge is 2.26. The molecular weight excluding hydrogens is 232 g/mol. The van der Waals surface area contributed by atoms with E-state index in [0.717, 1.165) is 11.3 Å². The fourth-order valence-corrected chi connectivity index (χ4v) is 2.07. The number of nitrogens with zero attached hydrogens (tertiary/aromatic N) is 2. The molecule has 18 heavy (non-hydrogen) atoms. The summed E-state index contributed by atoms with van der Waals surface area (Å²) in [4.78, 5) is 26.3. The third kappa shape index (κ3) is 2.03. The third-order valence-corrected chi connectivity index (χ3v) is 3.25. The number of carboxylic acid groups (broad SMARTS) is 1. The summed E-state index contributed by atoms with van der Waals surface area (Å²) in [6.45, 7) is 3.18. The maximum Gasteiger partial charge on any atom is 0.335 e. The van der Waals surface area contributed by atoms with Crippen molar-refractivity contribution in [3.8, 4) is 0 Å². The molecule has 1 N–H and O–H groups in total. The molecule has 1 heterocycles. The molecule has 0 spiro atoms. The number of benzene rings is 1. The molecule has 1 aliphatic rings. The quantitative estimate of drug-likeness (QED) is 0.868. The Bertz CT molecular complexity index is 499. The van der Waals surface area contributed by atoms with Crippen molar-refractivity contribution in [2.24, 2.45) is 0 Å². The Morgan fingerprint density at radius 2 is 2.17 bits per heavy atom. The Morgan fingerprint density at radius 3 is 2.78 bits per heavy atom. The molecule has 1 aromatic carbocycles. The van der Waals surface area contributed by atoms with Gasteiger partial charge in [0.25, 0.3) is 0 Å². The van der Waals surface area contributed by atoms with E-state index in [0.29, 0.717) is 19.5 Å². The minimum absolute atomic E-state index is 0.0423. The van der Waals surface area contributed by atoms with Gasteiger partial charge in [0, 0.05) is 25.8 Å². The van der Waals surface area contributed by atoms with Crippen molar-refractivity contribution in [3.05, 3.63) is 29.3 Å². The van der Waals surface area contributed by atoms with Gasteiger partial charge < -0.3 is 10.0 Å². The largest absolute Gasteiger partial charge is 0.478 e.